The molecule has 0 spiro atoms. The van der Waals surface area contributed by atoms with E-state index < -0.39 is 0 Å². The summed E-state index contributed by atoms with van der Waals surface area (Å²) >= 11 is 0. The first-order chi connectivity index (χ1) is 11.5. The normalized spacial score (nSPS) is 24.6. The molecule has 0 fully saturated rings. The second-order valence-corrected chi connectivity index (χ2v) is 7.11. The minimum absolute atomic E-state index is 0.0841. The van der Waals surface area contributed by atoms with Crippen LogP contribution >= 0.6 is 0 Å². The smallest absolute Gasteiger partial charge is 0.138 e. The molecule has 2 aromatic rings. The number of rotatable bonds is 0. The van der Waals surface area contributed by atoms with Gasteiger partial charge in [-0.3, -0.25) is 0 Å². The zero-order valence-corrected chi connectivity index (χ0v) is 13.6. The maximum Gasteiger partial charge on any atom is 0.138 e. The lowest BCUT2D eigenvalue weighted by Gasteiger charge is -2.33. The van der Waals surface area contributed by atoms with Crippen LogP contribution < -0.4 is 14.2 Å². The number of hydrogen-bond acceptors (Lipinski definition) is 4. The van der Waals surface area contributed by atoms with E-state index in [1.165, 1.54) is 0 Å². The maximum absolute atomic E-state index is 9.70. The number of phenolic OH excluding ortho intramolecular Hbond substituents is 1. The van der Waals surface area contributed by atoms with Gasteiger partial charge < -0.3 is 19.3 Å². The van der Waals surface area contributed by atoms with Crippen molar-refractivity contribution in [3.63, 3.8) is 0 Å². The molecule has 0 aromatic heterocycles. The topological polar surface area (TPSA) is 47.9 Å². The molecule has 2 aromatic carbocycles. The number of benzene rings is 2. The molecule has 3 aliphatic heterocycles. The molecule has 0 amide bonds. The Morgan fingerprint density at radius 2 is 1.92 bits per heavy atom. The SMILES string of the molecule is CC1(C)C=Cc2c(ccc3c2OC[C@H]2c4ccc(O)cc4O[C@@H]32)O1. The van der Waals surface area contributed by atoms with Gasteiger partial charge in [0.2, 0.25) is 0 Å². The summed E-state index contributed by atoms with van der Waals surface area (Å²) in [6.07, 6.45) is 4.04. The summed E-state index contributed by atoms with van der Waals surface area (Å²) in [4.78, 5) is 0. The van der Waals surface area contributed by atoms with Gasteiger partial charge in [0, 0.05) is 17.2 Å². The highest BCUT2D eigenvalue weighted by molar-refractivity contribution is 5.70. The Kier molecular flexibility index (Phi) is 2.57. The van der Waals surface area contributed by atoms with Crippen LogP contribution in [-0.4, -0.2) is 17.3 Å². The van der Waals surface area contributed by atoms with Crippen molar-refractivity contribution < 1.29 is 19.3 Å². The van der Waals surface area contributed by atoms with Crippen molar-refractivity contribution in [2.45, 2.75) is 31.5 Å². The van der Waals surface area contributed by atoms with Crippen molar-refractivity contribution in [3.05, 3.63) is 53.1 Å². The number of hydrogen-bond donors (Lipinski definition) is 1. The summed E-state index contributed by atoms with van der Waals surface area (Å²) in [5.74, 6) is 2.80. The van der Waals surface area contributed by atoms with Gasteiger partial charge in [-0.15, -0.1) is 0 Å². The Balaban J connectivity index is 1.60. The molecule has 122 valence electrons. The van der Waals surface area contributed by atoms with Crippen molar-refractivity contribution in [2.75, 3.05) is 6.61 Å². The first-order valence-electron chi connectivity index (χ1n) is 8.19. The minimum Gasteiger partial charge on any atom is -0.508 e. The van der Waals surface area contributed by atoms with Gasteiger partial charge in [0.15, 0.2) is 0 Å². The van der Waals surface area contributed by atoms with Gasteiger partial charge in [-0.25, -0.2) is 0 Å². The molecule has 3 aliphatic rings. The second kappa shape index (κ2) is 4.47. The molecular weight excluding hydrogens is 304 g/mol. The molecule has 0 unspecified atom stereocenters. The predicted molar refractivity (Wildman–Crippen MR) is 89.9 cm³/mol. The minimum atomic E-state index is -0.309. The molecule has 0 bridgehead atoms. The average Bonchev–Trinajstić information content (AvgIpc) is 2.90. The molecule has 4 nitrogen and oxygen atoms in total. The lowest BCUT2D eigenvalue weighted by atomic mass is 9.87. The molecule has 2 atom stereocenters. The molecule has 5 rings (SSSR count). The van der Waals surface area contributed by atoms with Gasteiger partial charge >= 0.3 is 0 Å². The summed E-state index contributed by atoms with van der Waals surface area (Å²) in [5.41, 5.74) is 2.80. The number of phenols is 1. The van der Waals surface area contributed by atoms with Gasteiger partial charge in [0.05, 0.1) is 18.1 Å². The van der Waals surface area contributed by atoms with E-state index in [2.05, 4.69) is 6.08 Å². The van der Waals surface area contributed by atoms with E-state index >= 15 is 0 Å². The molecule has 0 radical (unpaired) electrons. The van der Waals surface area contributed by atoms with Gasteiger partial charge in [0.25, 0.3) is 0 Å². The van der Waals surface area contributed by atoms with Crippen molar-refractivity contribution in [3.8, 4) is 23.0 Å². The second-order valence-electron chi connectivity index (χ2n) is 7.11. The zero-order valence-electron chi connectivity index (χ0n) is 13.6. The van der Waals surface area contributed by atoms with E-state index in [0.29, 0.717) is 6.61 Å². The van der Waals surface area contributed by atoms with Gasteiger partial charge in [-0.2, -0.15) is 0 Å². The van der Waals surface area contributed by atoms with Gasteiger partial charge in [-0.1, -0.05) is 6.07 Å². The number of aromatic hydroxyl groups is 1. The fourth-order valence-electron chi connectivity index (χ4n) is 3.78. The summed E-state index contributed by atoms with van der Waals surface area (Å²) in [6.45, 7) is 4.63. The highest BCUT2D eigenvalue weighted by Crippen LogP contribution is 2.54. The molecule has 0 saturated carbocycles. The lowest BCUT2D eigenvalue weighted by molar-refractivity contribution is 0.134. The molecule has 0 aliphatic carbocycles. The summed E-state index contributed by atoms with van der Waals surface area (Å²) in [5, 5.41) is 9.70. The highest BCUT2D eigenvalue weighted by Gasteiger charge is 2.42. The van der Waals surface area contributed by atoms with Crippen LogP contribution in [0.1, 0.15) is 42.6 Å². The van der Waals surface area contributed by atoms with Crippen LogP contribution in [0.25, 0.3) is 6.08 Å². The zero-order chi connectivity index (χ0) is 16.5. The van der Waals surface area contributed by atoms with E-state index in [-0.39, 0.29) is 23.4 Å². The van der Waals surface area contributed by atoms with Crippen LogP contribution in [-0.2, 0) is 0 Å². The molecule has 24 heavy (non-hydrogen) atoms. The lowest BCUT2D eigenvalue weighted by Crippen LogP contribution is -2.29. The van der Waals surface area contributed by atoms with Crippen molar-refractivity contribution in [2.24, 2.45) is 0 Å². The van der Waals surface area contributed by atoms with Crippen LogP contribution in [0.2, 0.25) is 0 Å². The van der Waals surface area contributed by atoms with E-state index in [1.54, 1.807) is 12.1 Å². The largest absolute Gasteiger partial charge is 0.508 e. The third-order valence-electron chi connectivity index (χ3n) is 4.94. The quantitative estimate of drug-likeness (QED) is 0.790. The van der Waals surface area contributed by atoms with E-state index in [1.807, 2.05) is 38.1 Å². The predicted octanol–water partition coefficient (Wildman–Crippen LogP) is 4.19. The maximum atomic E-state index is 9.70. The Morgan fingerprint density at radius 3 is 2.79 bits per heavy atom. The third kappa shape index (κ3) is 1.86. The summed E-state index contributed by atoms with van der Waals surface area (Å²) in [6, 6.07) is 9.33. The Morgan fingerprint density at radius 1 is 1.08 bits per heavy atom. The van der Waals surface area contributed by atoms with Crippen molar-refractivity contribution in [1.82, 2.24) is 0 Å². The monoisotopic (exact) mass is 322 g/mol. The Labute approximate surface area is 140 Å². The van der Waals surface area contributed by atoms with Gasteiger partial charge in [0.1, 0.15) is 34.7 Å². The Hall–Kier alpha value is -2.62. The van der Waals surface area contributed by atoms with Crippen LogP contribution in [0.15, 0.2) is 36.4 Å². The van der Waals surface area contributed by atoms with E-state index in [9.17, 15) is 5.11 Å². The van der Waals surface area contributed by atoms with Crippen LogP contribution in [0.3, 0.4) is 0 Å². The fourth-order valence-corrected chi connectivity index (χ4v) is 3.78. The van der Waals surface area contributed by atoms with Crippen LogP contribution in [0.4, 0.5) is 0 Å². The van der Waals surface area contributed by atoms with E-state index in [4.69, 9.17) is 14.2 Å². The number of ether oxygens (including phenoxy) is 3. The molecule has 3 heterocycles. The van der Waals surface area contributed by atoms with Gasteiger partial charge in [-0.05, 0) is 44.2 Å². The number of fused-ring (bicyclic) bond motifs is 7. The van der Waals surface area contributed by atoms with Crippen LogP contribution in [0, 0.1) is 0 Å². The molecular formula is C20H18O4. The Bertz CT molecular complexity index is 881. The molecule has 4 heteroatoms. The first-order valence-corrected chi connectivity index (χ1v) is 8.19. The van der Waals surface area contributed by atoms with E-state index in [0.717, 1.165) is 33.9 Å². The summed E-state index contributed by atoms with van der Waals surface area (Å²) < 4.78 is 18.3. The van der Waals surface area contributed by atoms with Crippen LogP contribution in [0.5, 0.6) is 23.0 Å². The summed E-state index contributed by atoms with van der Waals surface area (Å²) in [7, 11) is 0. The fraction of sp³-hybridized carbons (Fsp3) is 0.300. The standard InChI is InChI=1S/C20H18O4/c1-20(2)8-7-13-16(24-20)6-5-14-18(13)22-10-15-12-4-3-11(21)9-17(12)23-19(14)15/h3-9,15,19,21H,10H2,1-2H3/t15-,19-/m0/s1. The van der Waals surface area contributed by atoms with Crippen molar-refractivity contribution >= 4 is 6.08 Å². The third-order valence-corrected chi connectivity index (χ3v) is 4.94. The molecule has 0 saturated heterocycles. The first kappa shape index (κ1) is 13.8. The van der Waals surface area contributed by atoms with Crippen molar-refractivity contribution in [1.29, 1.82) is 0 Å². The highest BCUT2D eigenvalue weighted by atomic mass is 16.5. The average molecular weight is 322 g/mol. The molecule has 1 N–H and O–H groups in total.